The molecule has 0 unspecified atom stereocenters. The third-order valence-corrected chi connectivity index (χ3v) is 5.27. The van der Waals surface area contributed by atoms with Gasteiger partial charge < -0.3 is 15.0 Å². The molecule has 0 radical (unpaired) electrons. The summed E-state index contributed by atoms with van der Waals surface area (Å²) in [7, 11) is 1.65. The number of aryl methyl sites for hydroxylation is 1. The number of piperidine rings is 1. The predicted octanol–water partition coefficient (Wildman–Crippen LogP) is 4.06. The average Bonchev–Trinajstić information content (AvgIpc) is 3.15. The zero-order valence-corrected chi connectivity index (χ0v) is 16.2. The maximum Gasteiger partial charge on any atom is 0.226 e. The molecule has 0 spiro atoms. The van der Waals surface area contributed by atoms with Crippen molar-refractivity contribution in [2.24, 2.45) is 0 Å². The topological polar surface area (TPSA) is 59.4 Å². The van der Waals surface area contributed by atoms with Crippen LogP contribution in [0.25, 0.3) is 10.9 Å². The molecule has 2 heterocycles. The molecule has 1 aliphatic heterocycles. The van der Waals surface area contributed by atoms with E-state index in [1.54, 1.807) is 13.3 Å². The Balaban J connectivity index is 1.33. The van der Waals surface area contributed by atoms with Crippen LogP contribution in [0.3, 0.4) is 0 Å². The van der Waals surface area contributed by atoms with Crippen molar-refractivity contribution in [1.29, 1.82) is 0 Å². The van der Waals surface area contributed by atoms with Crippen molar-refractivity contribution < 1.29 is 9.53 Å². The van der Waals surface area contributed by atoms with Crippen molar-refractivity contribution in [3.63, 3.8) is 0 Å². The number of methoxy groups -OCH3 is 1. The fourth-order valence-electron chi connectivity index (χ4n) is 3.71. The van der Waals surface area contributed by atoms with Crippen LogP contribution in [-0.2, 0) is 11.3 Å². The number of hydrogen-bond donors (Lipinski definition) is 1. The minimum atomic E-state index is -0.0112. The first-order valence-corrected chi connectivity index (χ1v) is 9.87. The van der Waals surface area contributed by atoms with Crippen LogP contribution in [0.5, 0.6) is 5.75 Å². The lowest BCUT2D eigenvalue weighted by Gasteiger charge is -2.28. The van der Waals surface area contributed by atoms with Crippen LogP contribution < -0.4 is 15.0 Å². The van der Waals surface area contributed by atoms with Crippen LogP contribution in [-0.4, -0.2) is 35.9 Å². The zero-order valence-electron chi connectivity index (χ0n) is 16.2. The zero-order chi connectivity index (χ0) is 19.3. The Labute approximate surface area is 165 Å². The molecule has 2 aromatic carbocycles. The Hall–Kier alpha value is -3.02. The first kappa shape index (κ1) is 18.3. The Morgan fingerprint density at radius 1 is 1.11 bits per heavy atom. The number of hydrogen-bond acceptors (Lipinski definition) is 4. The summed E-state index contributed by atoms with van der Waals surface area (Å²) in [6.45, 7) is 2.78. The second-order valence-corrected chi connectivity index (χ2v) is 7.19. The van der Waals surface area contributed by atoms with Gasteiger partial charge in [-0.05, 0) is 61.7 Å². The van der Waals surface area contributed by atoms with Crippen molar-refractivity contribution in [2.75, 3.05) is 30.4 Å². The summed E-state index contributed by atoms with van der Waals surface area (Å²) in [6, 6.07) is 14.0. The number of nitrogens with zero attached hydrogens (tertiary/aromatic N) is 3. The number of aromatic nitrogens is 2. The van der Waals surface area contributed by atoms with Crippen molar-refractivity contribution in [1.82, 2.24) is 9.78 Å². The standard InChI is InChI=1S/C22H26N4O2/c1-28-20-9-10-21-17(15-20)16-23-26(21)14-11-22(27)24-18-5-7-19(8-6-18)25-12-3-2-4-13-25/h5-10,15-16H,2-4,11-14H2,1H3,(H,24,27). The third kappa shape index (κ3) is 4.11. The molecule has 1 saturated heterocycles. The Morgan fingerprint density at radius 2 is 1.89 bits per heavy atom. The third-order valence-electron chi connectivity index (χ3n) is 5.27. The normalized spacial score (nSPS) is 14.2. The van der Waals surface area contributed by atoms with E-state index in [4.69, 9.17) is 4.74 Å². The fraction of sp³-hybridized carbons (Fsp3) is 0.364. The summed E-state index contributed by atoms with van der Waals surface area (Å²) < 4.78 is 7.09. The van der Waals surface area contributed by atoms with Crippen molar-refractivity contribution in [3.8, 4) is 5.75 Å². The Morgan fingerprint density at radius 3 is 2.64 bits per heavy atom. The summed E-state index contributed by atoms with van der Waals surface area (Å²) in [5.41, 5.74) is 3.07. The van der Waals surface area contributed by atoms with E-state index in [1.165, 1.54) is 24.9 Å². The van der Waals surface area contributed by atoms with Gasteiger partial charge in [0.2, 0.25) is 5.91 Å². The Kier molecular flexibility index (Phi) is 5.46. The van der Waals surface area contributed by atoms with E-state index in [2.05, 4.69) is 27.4 Å². The van der Waals surface area contributed by atoms with Gasteiger partial charge in [0.25, 0.3) is 0 Å². The van der Waals surface area contributed by atoms with Crippen molar-refractivity contribution in [3.05, 3.63) is 48.7 Å². The molecule has 3 aromatic rings. The number of rotatable bonds is 6. The fourth-order valence-corrected chi connectivity index (χ4v) is 3.71. The second-order valence-electron chi connectivity index (χ2n) is 7.19. The molecule has 146 valence electrons. The molecule has 0 saturated carbocycles. The molecular formula is C22H26N4O2. The van der Waals surface area contributed by atoms with Gasteiger partial charge in [-0.1, -0.05) is 0 Å². The van der Waals surface area contributed by atoms with Gasteiger partial charge in [0, 0.05) is 36.3 Å². The van der Waals surface area contributed by atoms with E-state index in [-0.39, 0.29) is 5.91 Å². The molecular weight excluding hydrogens is 352 g/mol. The Bertz CT molecular complexity index is 943. The highest BCUT2D eigenvalue weighted by atomic mass is 16.5. The van der Waals surface area contributed by atoms with Crippen LogP contribution in [0.15, 0.2) is 48.7 Å². The first-order chi connectivity index (χ1) is 13.7. The molecule has 4 rings (SSSR count). The molecule has 28 heavy (non-hydrogen) atoms. The minimum absolute atomic E-state index is 0.0112. The first-order valence-electron chi connectivity index (χ1n) is 9.87. The van der Waals surface area contributed by atoms with E-state index >= 15 is 0 Å². The van der Waals surface area contributed by atoms with Gasteiger partial charge in [0.1, 0.15) is 5.75 Å². The largest absolute Gasteiger partial charge is 0.497 e. The molecule has 1 aliphatic rings. The van der Waals surface area contributed by atoms with Crippen LogP contribution in [0.1, 0.15) is 25.7 Å². The van der Waals surface area contributed by atoms with E-state index in [1.807, 2.05) is 35.0 Å². The van der Waals surface area contributed by atoms with E-state index in [0.29, 0.717) is 13.0 Å². The number of ether oxygens (including phenoxy) is 1. The summed E-state index contributed by atoms with van der Waals surface area (Å²) >= 11 is 0. The van der Waals surface area contributed by atoms with Crippen LogP contribution >= 0.6 is 0 Å². The van der Waals surface area contributed by atoms with Gasteiger partial charge in [-0.2, -0.15) is 5.10 Å². The molecule has 6 heteroatoms. The lowest BCUT2D eigenvalue weighted by Crippen LogP contribution is -2.29. The predicted molar refractivity (Wildman–Crippen MR) is 112 cm³/mol. The number of nitrogens with one attached hydrogen (secondary N) is 1. The lowest BCUT2D eigenvalue weighted by molar-refractivity contribution is -0.116. The van der Waals surface area contributed by atoms with Gasteiger partial charge in [-0.25, -0.2) is 0 Å². The molecule has 6 nitrogen and oxygen atoms in total. The summed E-state index contributed by atoms with van der Waals surface area (Å²) in [6.07, 6.45) is 6.01. The van der Waals surface area contributed by atoms with Gasteiger partial charge in [-0.15, -0.1) is 0 Å². The van der Waals surface area contributed by atoms with E-state index < -0.39 is 0 Å². The molecule has 1 fully saturated rings. The van der Waals surface area contributed by atoms with Crippen molar-refractivity contribution >= 4 is 28.2 Å². The average molecular weight is 378 g/mol. The number of amides is 1. The lowest BCUT2D eigenvalue weighted by atomic mass is 10.1. The number of anilines is 2. The highest BCUT2D eigenvalue weighted by Crippen LogP contribution is 2.22. The van der Waals surface area contributed by atoms with Crippen LogP contribution in [0.2, 0.25) is 0 Å². The van der Waals surface area contributed by atoms with Gasteiger partial charge >= 0.3 is 0 Å². The number of carbonyl (C=O) groups is 1. The molecule has 1 aromatic heterocycles. The molecule has 1 N–H and O–H groups in total. The van der Waals surface area contributed by atoms with E-state index in [9.17, 15) is 4.79 Å². The summed E-state index contributed by atoms with van der Waals surface area (Å²) in [5, 5.41) is 8.38. The number of benzene rings is 2. The van der Waals surface area contributed by atoms with Crippen molar-refractivity contribution in [2.45, 2.75) is 32.2 Å². The molecule has 0 aliphatic carbocycles. The number of fused-ring (bicyclic) bond motifs is 1. The highest BCUT2D eigenvalue weighted by molar-refractivity contribution is 5.91. The van der Waals surface area contributed by atoms with Crippen LogP contribution in [0.4, 0.5) is 11.4 Å². The molecule has 0 atom stereocenters. The van der Waals surface area contributed by atoms with Gasteiger partial charge in [0.15, 0.2) is 0 Å². The highest BCUT2D eigenvalue weighted by Gasteiger charge is 2.11. The molecule has 1 amide bonds. The monoisotopic (exact) mass is 378 g/mol. The van der Waals surface area contributed by atoms with E-state index in [0.717, 1.165) is 35.4 Å². The second kappa shape index (κ2) is 8.33. The maximum absolute atomic E-state index is 12.3. The quantitative estimate of drug-likeness (QED) is 0.703. The summed E-state index contributed by atoms with van der Waals surface area (Å²) in [4.78, 5) is 14.8. The van der Waals surface area contributed by atoms with Crippen LogP contribution in [0, 0.1) is 0 Å². The smallest absolute Gasteiger partial charge is 0.226 e. The molecule has 0 bridgehead atoms. The maximum atomic E-state index is 12.3. The van der Waals surface area contributed by atoms with Gasteiger partial charge in [0.05, 0.1) is 25.4 Å². The number of carbonyl (C=O) groups excluding carboxylic acids is 1. The van der Waals surface area contributed by atoms with Gasteiger partial charge in [-0.3, -0.25) is 9.48 Å². The summed E-state index contributed by atoms with van der Waals surface area (Å²) in [5.74, 6) is 0.792. The minimum Gasteiger partial charge on any atom is -0.497 e. The SMILES string of the molecule is COc1ccc2c(cnn2CCC(=O)Nc2ccc(N3CCCCC3)cc2)c1.